The molecule has 1 fully saturated rings. The van der Waals surface area contributed by atoms with Crippen molar-refractivity contribution in [2.45, 2.75) is 38.6 Å². The largest absolute Gasteiger partial charge is 0.360 e. The Hall–Kier alpha value is -2.93. The van der Waals surface area contributed by atoms with E-state index in [4.69, 9.17) is 0 Å². The summed E-state index contributed by atoms with van der Waals surface area (Å²) in [5.74, 6) is 0.0870. The Labute approximate surface area is 183 Å². The van der Waals surface area contributed by atoms with Gasteiger partial charge in [0.1, 0.15) is 0 Å². The van der Waals surface area contributed by atoms with Gasteiger partial charge in [-0.1, -0.05) is 18.2 Å². The maximum Gasteiger partial charge on any atom is 0.275 e. The van der Waals surface area contributed by atoms with E-state index in [1.807, 2.05) is 0 Å². The second kappa shape index (κ2) is 9.47. The third-order valence-electron chi connectivity index (χ3n) is 6.56. The SMILES string of the molecule is C[C@H](NC(=O)C[NH+]1CCN(c2ccc([N+](=O)[O-])cc2)CC1)c1ccc2c(c1)CCCC2. The lowest BCUT2D eigenvalue weighted by molar-refractivity contribution is -0.892. The van der Waals surface area contributed by atoms with Crippen LogP contribution >= 0.6 is 0 Å². The number of piperazine rings is 1. The molecule has 1 aliphatic heterocycles. The smallest absolute Gasteiger partial charge is 0.275 e. The van der Waals surface area contributed by atoms with Crippen LogP contribution in [0.5, 0.6) is 0 Å². The molecule has 7 heteroatoms. The molecule has 1 aliphatic carbocycles. The number of benzene rings is 2. The molecule has 0 unspecified atom stereocenters. The summed E-state index contributed by atoms with van der Waals surface area (Å²) in [5.41, 5.74) is 5.20. The summed E-state index contributed by atoms with van der Waals surface area (Å²) >= 11 is 0. The number of nitrogens with zero attached hydrogens (tertiary/aromatic N) is 2. The van der Waals surface area contributed by atoms with Crippen LogP contribution in [0.1, 0.15) is 42.5 Å². The van der Waals surface area contributed by atoms with Crippen molar-refractivity contribution in [1.82, 2.24) is 5.32 Å². The molecule has 1 saturated heterocycles. The number of rotatable bonds is 6. The van der Waals surface area contributed by atoms with E-state index in [0.717, 1.165) is 38.3 Å². The van der Waals surface area contributed by atoms with Gasteiger partial charge in [-0.05, 0) is 61.4 Å². The standard InChI is InChI=1S/C24H30N4O3/c1-18(20-7-6-19-4-2-3-5-21(19)16-20)25-24(29)17-26-12-14-27(15-13-26)22-8-10-23(11-9-22)28(30)31/h6-11,16,18H,2-5,12-15,17H2,1H3,(H,25,29)/p+1/t18-/m0/s1. The van der Waals surface area contributed by atoms with E-state index in [1.165, 1.54) is 40.9 Å². The monoisotopic (exact) mass is 423 g/mol. The first-order valence-corrected chi connectivity index (χ1v) is 11.2. The summed E-state index contributed by atoms with van der Waals surface area (Å²) in [7, 11) is 0. The number of hydrogen-bond donors (Lipinski definition) is 2. The molecule has 0 radical (unpaired) electrons. The topological polar surface area (TPSA) is 79.9 Å². The minimum absolute atomic E-state index is 0.0144. The predicted molar refractivity (Wildman–Crippen MR) is 121 cm³/mol. The molecule has 2 N–H and O–H groups in total. The second-order valence-corrected chi connectivity index (χ2v) is 8.71. The molecular weight excluding hydrogens is 392 g/mol. The minimum Gasteiger partial charge on any atom is -0.360 e. The summed E-state index contributed by atoms with van der Waals surface area (Å²) in [5, 5.41) is 14.0. The highest BCUT2D eigenvalue weighted by molar-refractivity contribution is 5.77. The first-order valence-electron chi connectivity index (χ1n) is 11.2. The number of non-ortho nitro benzene ring substituents is 1. The lowest BCUT2D eigenvalue weighted by Gasteiger charge is -2.33. The van der Waals surface area contributed by atoms with Crippen LogP contribution in [0.25, 0.3) is 0 Å². The van der Waals surface area contributed by atoms with Crippen LogP contribution < -0.4 is 15.1 Å². The van der Waals surface area contributed by atoms with E-state index in [2.05, 4.69) is 35.3 Å². The van der Waals surface area contributed by atoms with Gasteiger partial charge in [-0.15, -0.1) is 0 Å². The molecule has 1 atom stereocenters. The number of carbonyl (C=O) groups is 1. The zero-order chi connectivity index (χ0) is 21.8. The molecule has 0 bridgehead atoms. The zero-order valence-electron chi connectivity index (χ0n) is 18.1. The van der Waals surface area contributed by atoms with Gasteiger partial charge in [-0.3, -0.25) is 14.9 Å². The van der Waals surface area contributed by atoms with Crippen LogP contribution in [0.3, 0.4) is 0 Å². The Morgan fingerprint density at radius 1 is 1.10 bits per heavy atom. The van der Waals surface area contributed by atoms with Gasteiger partial charge in [0, 0.05) is 17.8 Å². The molecule has 0 saturated carbocycles. The fraction of sp³-hybridized carbons (Fsp3) is 0.458. The highest BCUT2D eigenvalue weighted by Gasteiger charge is 2.23. The number of nitro benzene ring substituents is 1. The summed E-state index contributed by atoms with van der Waals surface area (Å²) in [6, 6.07) is 13.4. The first-order chi connectivity index (χ1) is 15.0. The van der Waals surface area contributed by atoms with Crippen molar-refractivity contribution in [3.05, 3.63) is 69.3 Å². The molecular formula is C24H31N4O3+. The molecule has 2 aromatic rings. The lowest BCUT2D eigenvalue weighted by atomic mass is 9.89. The van der Waals surface area contributed by atoms with E-state index in [1.54, 1.807) is 24.3 Å². The molecule has 2 aromatic carbocycles. The number of aryl methyl sites for hydroxylation is 2. The van der Waals surface area contributed by atoms with Crippen molar-refractivity contribution in [2.24, 2.45) is 0 Å². The van der Waals surface area contributed by atoms with Gasteiger partial charge in [-0.25, -0.2) is 0 Å². The van der Waals surface area contributed by atoms with Crippen molar-refractivity contribution in [3.8, 4) is 0 Å². The molecule has 0 aromatic heterocycles. The quantitative estimate of drug-likeness (QED) is 0.551. The minimum atomic E-state index is -0.379. The Morgan fingerprint density at radius 3 is 2.45 bits per heavy atom. The number of carbonyl (C=O) groups excluding carboxylic acids is 1. The lowest BCUT2D eigenvalue weighted by Crippen LogP contribution is -3.15. The van der Waals surface area contributed by atoms with Crippen molar-refractivity contribution in [3.63, 3.8) is 0 Å². The van der Waals surface area contributed by atoms with Crippen molar-refractivity contribution in [1.29, 1.82) is 0 Å². The molecule has 2 aliphatic rings. The maximum atomic E-state index is 12.6. The zero-order valence-corrected chi connectivity index (χ0v) is 18.1. The summed E-state index contributed by atoms with van der Waals surface area (Å²) in [6.07, 6.45) is 4.85. The third-order valence-corrected chi connectivity index (χ3v) is 6.56. The van der Waals surface area contributed by atoms with Gasteiger partial charge < -0.3 is 15.1 Å². The Balaban J connectivity index is 1.25. The van der Waals surface area contributed by atoms with Crippen LogP contribution in [-0.2, 0) is 17.6 Å². The number of amides is 1. The van der Waals surface area contributed by atoms with Gasteiger partial charge in [-0.2, -0.15) is 0 Å². The van der Waals surface area contributed by atoms with E-state index < -0.39 is 0 Å². The Kier molecular flexibility index (Phi) is 6.51. The van der Waals surface area contributed by atoms with Gasteiger partial charge in [0.05, 0.1) is 37.1 Å². The van der Waals surface area contributed by atoms with Gasteiger partial charge in [0.25, 0.3) is 11.6 Å². The molecule has 164 valence electrons. The first kappa shape index (κ1) is 21.3. The van der Waals surface area contributed by atoms with Crippen LogP contribution in [0, 0.1) is 10.1 Å². The number of nitrogens with one attached hydrogen (secondary N) is 2. The van der Waals surface area contributed by atoms with E-state index in [9.17, 15) is 14.9 Å². The molecule has 31 heavy (non-hydrogen) atoms. The molecule has 1 heterocycles. The number of nitro groups is 1. The highest BCUT2D eigenvalue weighted by atomic mass is 16.6. The Bertz CT molecular complexity index is 936. The summed E-state index contributed by atoms with van der Waals surface area (Å²) in [4.78, 5) is 26.6. The predicted octanol–water partition coefficient (Wildman–Crippen LogP) is 2.06. The van der Waals surface area contributed by atoms with Crippen molar-refractivity contribution < 1.29 is 14.6 Å². The van der Waals surface area contributed by atoms with E-state index in [-0.39, 0.29) is 22.6 Å². The van der Waals surface area contributed by atoms with E-state index in [0.29, 0.717) is 6.54 Å². The van der Waals surface area contributed by atoms with Gasteiger partial charge in [0.2, 0.25) is 0 Å². The van der Waals surface area contributed by atoms with Gasteiger partial charge >= 0.3 is 0 Å². The average molecular weight is 424 g/mol. The molecule has 7 nitrogen and oxygen atoms in total. The molecule has 0 spiro atoms. The second-order valence-electron chi connectivity index (χ2n) is 8.71. The highest BCUT2D eigenvalue weighted by Crippen LogP contribution is 2.24. The fourth-order valence-electron chi connectivity index (χ4n) is 4.67. The molecule has 1 amide bonds. The number of anilines is 1. The normalized spacial score (nSPS) is 17.6. The maximum absolute atomic E-state index is 12.6. The molecule has 4 rings (SSSR count). The number of fused-ring (bicyclic) bond motifs is 1. The number of hydrogen-bond acceptors (Lipinski definition) is 4. The van der Waals surface area contributed by atoms with Crippen LogP contribution in [0.2, 0.25) is 0 Å². The van der Waals surface area contributed by atoms with Gasteiger partial charge in [0.15, 0.2) is 6.54 Å². The third kappa shape index (κ3) is 5.22. The van der Waals surface area contributed by atoms with Crippen LogP contribution in [0.15, 0.2) is 42.5 Å². The summed E-state index contributed by atoms with van der Waals surface area (Å²) in [6.45, 7) is 5.95. The van der Waals surface area contributed by atoms with Crippen molar-refractivity contribution >= 4 is 17.3 Å². The van der Waals surface area contributed by atoms with Crippen molar-refractivity contribution in [2.75, 3.05) is 37.6 Å². The van der Waals surface area contributed by atoms with Crippen LogP contribution in [0.4, 0.5) is 11.4 Å². The average Bonchev–Trinajstić information content (AvgIpc) is 2.79. The fourth-order valence-corrected chi connectivity index (χ4v) is 4.67. The van der Waals surface area contributed by atoms with Crippen LogP contribution in [-0.4, -0.2) is 43.6 Å². The Morgan fingerprint density at radius 2 is 1.77 bits per heavy atom. The summed E-state index contributed by atoms with van der Waals surface area (Å²) < 4.78 is 0. The number of quaternary nitrogens is 1. The van der Waals surface area contributed by atoms with E-state index >= 15 is 0 Å².